The van der Waals surface area contributed by atoms with E-state index in [0.29, 0.717) is 30.9 Å². The van der Waals surface area contributed by atoms with Crippen molar-refractivity contribution in [1.29, 1.82) is 0 Å². The van der Waals surface area contributed by atoms with Gasteiger partial charge in [0.2, 0.25) is 17.7 Å². The van der Waals surface area contributed by atoms with Crippen LogP contribution in [0.4, 0.5) is 10.5 Å². The number of anilines is 1. The minimum absolute atomic E-state index is 0.131. The fourth-order valence-corrected chi connectivity index (χ4v) is 3.43. The van der Waals surface area contributed by atoms with Crippen LogP contribution in [0.3, 0.4) is 0 Å². The number of primary amides is 1. The van der Waals surface area contributed by atoms with Crippen molar-refractivity contribution in [3.05, 3.63) is 29.8 Å². The van der Waals surface area contributed by atoms with Crippen LogP contribution in [0.1, 0.15) is 72.3 Å². The summed E-state index contributed by atoms with van der Waals surface area (Å²) >= 11 is 0. The Hall–Kier alpha value is -3.63. The van der Waals surface area contributed by atoms with Crippen LogP contribution in [-0.2, 0) is 30.5 Å². The Kier molecular flexibility index (Phi) is 14.5. The molecule has 0 heterocycles. The monoisotopic (exact) mass is 533 g/mol. The quantitative estimate of drug-likeness (QED) is 0.162. The van der Waals surface area contributed by atoms with Crippen molar-refractivity contribution in [2.45, 2.75) is 85.4 Å². The number of benzene rings is 1. The maximum atomic E-state index is 13.1. The molecule has 38 heavy (non-hydrogen) atoms. The lowest BCUT2D eigenvalue weighted by molar-refractivity contribution is -0.144. The standard InChI is InChI=1S/C27H43N5O6/c1-6-23(34)38-16-19-10-12-20(13-11-19)30-25(35)21(8-7-15-29-27(28)37)31-26(36)24(18(4)5)32-22(33)14-9-17(2)3/h10-13,17-18,21,24H,6-9,14-16H2,1-5H3,(H,30,35)(H,31,36)(H,32,33)(H3,28,29,37)/t21-,24-/m0/s1. The van der Waals surface area contributed by atoms with Gasteiger partial charge in [-0.05, 0) is 48.8 Å². The van der Waals surface area contributed by atoms with Crippen molar-refractivity contribution < 1.29 is 28.7 Å². The summed E-state index contributed by atoms with van der Waals surface area (Å²) in [6, 6.07) is 4.40. The van der Waals surface area contributed by atoms with Gasteiger partial charge in [0, 0.05) is 25.1 Å². The molecule has 212 valence electrons. The molecule has 0 radical (unpaired) electrons. The maximum absolute atomic E-state index is 13.1. The number of urea groups is 1. The lowest BCUT2D eigenvalue weighted by atomic mass is 10.0. The second kappa shape index (κ2) is 17.0. The average molecular weight is 534 g/mol. The third kappa shape index (κ3) is 13.1. The molecule has 0 fully saturated rings. The van der Waals surface area contributed by atoms with Gasteiger partial charge in [0.15, 0.2) is 0 Å². The molecule has 0 spiro atoms. The van der Waals surface area contributed by atoms with Crippen LogP contribution in [0, 0.1) is 11.8 Å². The molecule has 0 saturated carbocycles. The van der Waals surface area contributed by atoms with Crippen LogP contribution < -0.4 is 27.0 Å². The third-order valence-corrected chi connectivity index (χ3v) is 5.73. The Labute approximate surface area is 225 Å². The van der Waals surface area contributed by atoms with Crippen LogP contribution >= 0.6 is 0 Å². The van der Waals surface area contributed by atoms with Crippen molar-refractivity contribution in [2.75, 3.05) is 11.9 Å². The molecule has 11 heteroatoms. The highest BCUT2D eigenvalue weighted by Crippen LogP contribution is 2.13. The molecule has 5 amide bonds. The largest absolute Gasteiger partial charge is 0.461 e. The van der Waals surface area contributed by atoms with Gasteiger partial charge in [0.1, 0.15) is 18.7 Å². The Balaban J connectivity index is 2.89. The minimum Gasteiger partial charge on any atom is -0.461 e. The van der Waals surface area contributed by atoms with Gasteiger partial charge in [-0.3, -0.25) is 19.2 Å². The highest BCUT2D eigenvalue weighted by atomic mass is 16.5. The molecule has 0 saturated heterocycles. The number of hydrogen-bond acceptors (Lipinski definition) is 6. The van der Waals surface area contributed by atoms with Gasteiger partial charge in [-0.15, -0.1) is 0 Å². The second-order valence-corrected chi connectivity index (χ2v) is 9.92. The fraction of sp³-hybridized carbons (Fsp3) is 0.593. The Morgan fingerprint density at radius 2 is 1.58 bits per heavy atom. The van der Waals surface area contributed by atoms with Gasteiger partial charge in [0.05, 0.1) is 0 Å². The molecule has 0 aliphatic rings. The second-order valence-electron chi connectivity index (χ2n) is 9.92. The maximum Gasteiger partial charge on any atom is 0.312 e. The molecule has 0 unspecified atom stereocenters. The zero-order valence-electron chi connectivity index (χ0n) is 23.1. The van der Waals surface area contributed by atoms with Gasteiger partial charge in [0.25, 0.3) is 0 Å². The van der Waals surface area contributed by atoms with E-state index >= 15 is 0 Å². The number of nitrogens with one attached hydrogen (secondary N) is 4. The van der Waals surface area contributed by atoms with E-state index in [-0.39, 0.29) is 43.8 Å². The van der Waals surface area contributed by atoms with Crippen LogP contribution in [0.5, 0.6) is 0 Å². The highest BCUT2D eigenvalue weighted by molar-refractivity contribution is 5.98. The van der Waals surface area contributed by atoms with Crippen molar-refractivity contribution in [3.8, 4) is 0 Å². The third-order valence-electron chi connectivity index (χ3n) is 5.73. The number of carbonyl (C=O) groups excluding carboxylic acids is 5. The smallest absolute Gasteiger partial charge is 0.312 e. The molecule has 6 N–H and O–H groups in total. The summed E-state index contributed by atoms with van der Waals surface area (Å²) in [4.78, 5) is 60.9. The molecular formula is C27H43N5O6. The van der Waals surface area contributed by atoms with Crippen molar-refractivity contribution in [1.82, 2.24) is 16.0 Å². The number of carbonyl (C=O) groups is 5. The van der Waals surface area contributed by atoms with Gasteiger partial charge in [-0.1, -0.05) is 46.8 Å². The number of rotatable bonds is 16. The SMILES string of the molecule is CCC(=O)OCc1ccc(NC(=O)[C@H](CCCNC(N)=O)NC(=O)[C@@H](NC(=O)CCC(C)C)C(C)C)cc1. The lowest BCUT2D eigenvalue weighted by Gasteiger charge is -2.25. The predicted octanol–water partition coefficient (Wildman–Crippen LogP) is 2.59. The molecule has 1 aromatic carbocycles. The number of nitrogens with two attached hydrogens (primary N) is 1. The minimum atomic E-state index is -0.920. The summed E-state index contributed by atoms with van der Waals surface area (Å²) in [5, 5.41) is 10.8. The van der Waals surface area contributed by atoms with Gasteiger partial charge in [-0.25, -0.2) is 4.79 Å². The van der Waals surface area contributed by atoms with Crippen LogP contribution in [0.15, 0.2) is 24.3 Å². The molecule has 11 nitrogen and oxygen atoms in total. The van der Waals surface area contributed by atoms with Gasteiger partial charge in [-0.2, -0.15) is 0 Å². The van der Waals surface area contributed by atoms with E-state index in [0.717, 1.165) is 5.56 Å². The summed E-state index contributed by atoms with van der Waals surface area (Å²) in [6.07, 6.45) is 1.92. The molecule has 2 atom stereocenters. The zero-order valence-corrected chi connectivity index (χ0v) is 23.1. The summed E-state index contributed by atoms with van der Waals surface area (Å²) in [5.74, 6) is -1.28. The first kappa shape index (κ1) is 32.4. The normalized spacial score (nSPS) is 12.4. The van der Waals surface area contributed by atoms with Crippen molar-refractivity contribution >= 4 is 35.4 Å². The fourth-order valence-electron chi connectivity index (χ4n) is 3.43. The molecular weight excluding hydrogens is 490 g/mol. The van der Waals surface area contributed by atoms with E-state index in [2.05, 4.69) is 21.3 Å². The van der Waals surface area contributed by atoms with Crippen LogP contribution in [-0.4, -0.2) is 48.4 Å². The van der Waals surface area contributed by atoms with Crippen LogP contribution in [0.2, 0.25) is 0 Å². The first-order valence-electron chi connectivity index (χ1n) is 13.1. The molecule has 1 rings (SSSR count). The first-order valence-corrected chi connectivity index (χ1v) is 13.1. The van der Waals surface area contributed by atoms with E-state index in [9.17, 15) is 24.0 Å². The van der Waals surface area contributed by atoms with Gasteiger partial charge < -0.3 is 31.7 Å². The number of hydrogen-bond donors (Lipinski definition) is 5. The van der Waals surface area contributed by atoms with E-state index in [4.69, 9.17) is 10.5 Å². The van der Waals surface area contributed by atoms with E-state index in [1.165, 1.54) is 0 Å². The highest BCUT2D eigenvalue weighted by Gasteiger charge is 2.28. The topological polar surface area (TPSA) is 169 Å². The molecule has 0 aliphatic carbocycles. The summed E-state index contributed by atoms with van der Waals surface area (Å²) in [5.41, 5.74) is 6.37. The summed E-state index contributed by atoms with van der Waals surface area (Å²) in [7, 11) is 0. The lowest BCUT2D eigenvalue weighted by Crippen LogP contribution is -2.54. The summed E-state index contributed by atoms with van der Waals surface area (Å²) in [6.45, 7) is 9.75. The number of esters is 1. The van der Waals surface area contributed by atoms with Crippen molar-refractivity contribution in [2.24, 2.45) is 17.6 Å². The zero-order chi connectivity index (χ0) is 28.7. The number of amides is 5. The van der Waals surface area contributed by atoms with Crippen molar-refractivity contribution in [3.63, 3.8) is 0 Å². The van der Waals surface area contributed by atoms with Gasteiger partial charge >= 0.3 is 12.0 Å². The van der Waals surface area contributed by atoms with E-state index in [1.807, 2.05) is 27.7 Å². The average Bonchev–Trinajstić information content (AvgIpc) is 2.86. The van der Waals surface area contributed by atoms with Crippen LogP contribution in [0.25, 0.3) is 0 Å². The Morgan fingerprint density at radius 3 is 2.13 bits per heavy atom. The summed E-state index contributed by atoms with van der Waals surface area (Å²) < 4.78 is 5.11. The number of ether oxygens (including phenoxy) is 1. The van der Waals surface area contributed by atoms with E-state index in [1.54, 1.807) is 31.2 Å². The molecule has 0 bridgehead atoms. The molecule has 0 aliphatic heterocycles. The molecule has 1 aromatic rings. The Bertz CT molecular complexity index is 932. The molecule has 0 aromatic heterocycles. The Morgan fingerprint density at radius 1 is 0.921 bits per heavy atom. The van der Waals surface area contributed by atoms with E-state index < -0.39 is 29.9 Å². The first-order chi connectivity index (χ1) is 17.9. The predicted molar refractivity (Wildman–Crippen MR) is 145 cm³/mol.